The first-order chi connectivity index (χ1) is 9.17. The maximum Gasteiger partial charge on any atom is 0.193 e. The number of guanidine groups is 1. The van der Waals surface area contributed by atoms with Gasteiger partial charge in [-0.3, -0.25) is 4.99 Å². The van der Waals surface area contributed by atoms with Crippen molar-refractivity contribution >= 4 is 29.9 Å². The third-order valence-corrected chi connectivity index (χ3v) is 3.93. The Kier molecular flexibility index (Phi) is 7.53. The fraction of sp³-hybridized carbons (Fsp3) is 0.929. The number of halogens is 1. The molecule has 118 valence electrons. The van der Waals surface area contributed by atoms with Crippen molar-refractivity contribution in [3.63, 3.8) is 0 Å². The van der Waals surface area contributed by atoms with E-state index in [1.54, 1.807) is 0 Å². The molecular weight excluding hydrogens is 369 g/mol. The summed E-state index contributed by atoms with van der Waals surface area (Å²) in [5, 5.41) is 3.49. The molecule has 0 amide bonds. The van der Waals surface area contributed by atoms with Gasteiger partial charge in [0.05, 0.1) is 19.8 Å². The summed E-state index contributed by atoms with van der Waals surface area (Å²) in [6, 6.07) is 0. The first-order valence-corrected chi connectivity index (χ1v) is 7.28. The molecule has 0 aromatic carbocycles. The van der Waals surface area contributed by atoms with Crippen molar-refractivity contribution in [2.24, 2.45) is 16.3 Å². The van der Waals surface area contributed by atoms with Crippen LogP contribution in [0.3, 0.4) is 0 Å². The van der Waals surface area contributed by atoms with E-state index in [9.17, 15) is 0 Å². The van der Waals surface area contributed by atoms with Crippen molar-refractivity contribution in [2.75, 3.05) is 53.1 Å². The Morgan fingerprint density at radius 2 is 2.25 bits per heavy atom. The van der Waals surface area contributed by atoms with Gasteiger partial charge in [-0.2, -0.15) is 0 Å². The third kappa shape index (κ3) is 4.73. The molecule has 0 spiro atoms. The highest BCUT2D eigenvalue weighted by atomic mass is 127. The topological polar surface area (TPSA) is 46.1 Å². The second-order valence-electron chi connectivity index (χ2n) is 5.96. The molecule has 5 nitrogen and oxygen atoms in total. The quantitative estimate of drug-likeness (QED) is 0.435. The number of ether oxygens (including phenoxy) is 2. The molecule has 0 bridgehead atoms. The van der Waals surface area contributed by atoms with Crippen LogP contribution < -0.4 is 5.32 Å². The second kappa shape index (κ2) is 8.38. The number of rotatable bonds is 5. The highest BCUT2D eigenvalue weighted by Crippen LogP contribution is 2.25. The van der Waals surface area contributed by atoms with Crippen LogP contribution in [0.15, 0.2) is 4.99 Å². The summed E-state index contributed by atoms with van der Waals surface area (Å²) in [5.41, 5.74) is 0.278. The average molecular weight is 397 g/mol. The fourth-order valence-corrected chi connectivity index (χ4v) is 2.62. The van der Waals surface area contributed by atoms with E-state index in [2.05, 4.69) is 29.1 Å². The molecule has 0 aliphatic carbocycles. The Morgan fingerprint density at radius 3 is 2.80 bits per heavy atom. The molecule has 1 unspecified atom stereocenters. The molecule has 2 heterocycles. The maximum atomic E-state index is 5.52. The summed E-state index contributed by atoms with van der Waals surface area (Å²) in [6.07, 6.45) is 1.20. The molecule has 0 aromatic heterocycles. The van der Waals surface area contributed by atoms with Crippen molar-refractivity contribution in [3.05, 3.63) is 0 Å². The van der Waals surface area contributed by atoms with E-state index in [1.807, 2.05) is 7.05 Å². The molecule has 2 fully saturated rings. The molecule has 1 N–H and O–H groups in total. The van der Waals surface area contributed by atoms with Gasteiger partial charge in [0.2, 0.25) is 0 Å². The number of nitrogens with zero attached hydrogens (tertiary/aromatic N) is 2. The zero-order valence-electron chi connectivity index (χ0n) is 12.9. The van der Waals surface area contributed by atoms with Crippen LogP contribution in [0.2, 0.25) is 0 Å². The summed E-state index contributed by atoms with van der Waals surface area (Å²) in [4.78, 5) is 6.74. The van der Waals surface area contributed by atoms with Gasteiger partial charge < -0.3 is 19.7 Å². The monoisotopic (exact) mass is 397 g/mol. The Morgan fingerprint density at radius 1 is 1.50 bits per heavy atom. The SMILES string of the molecule is CCOCC1CCN(C(=NC)NCC2(C)COC2)C1.I. The minimum absolute atomic E-state index is 0. The van der Waals surface area contributed by atoms with Gasteiger partial charge >= 0.3 is 0 Å². The lowest BCUT2D eigenvalue weighted by atomic mass is 9.89. The summed E-state index contributed by atoms with van der Waals surface area (Å²) in [5.74, 6) is 1.66. The summed E-state index contributed by atoms with van der Waals surface area (Å²) in [7, 11) is 1.86. The van der Waals surface area contributed by atoms with Gasteiger partial charge in [-0.15, -0.1) is 24.0 Å². The van der Waals surface area contributed by atoms with Crippen LogP contribution in [-0.4, -0.2) is 64.0 Å². The van der Waals surface area contributed by atoms with Crippen molar-refractivity contribution in [1.29, 1.82) is 0 Å². The van der Waals surface area contributed by atoms with E-state index < -0.39 is 0 Å². The van der Waals surface area contributed by atoms with Gasteiger partial charge in [0.15, 0.2) is 5.96 Å². The molecule has 2 rings (SSSR count). The van der Waals surface area contributed by atoms with E-state index in [4.69, 9.17) is 9.47 Å². The van der Waals surface area contributed by atoms with Gasteiger partial charge in [-0.25, -0.2) is 0 Å². The minimum atomic E-state index is 0. The predicted molar refractivity (Wildman–Crippen MR) is 91.9 cm³/mol. The highest BCUT2D eigenvalue weighted by Gasteiger charge is 2.34. The normalized spacial score (nSPS) is 25.1. The van der Waals surface area contributed by atoms with Crippen molar-refractivity contribution < 1.29 is 9.47 Å². The van der Waals surface area contributed by atoms with E-state index >= 15 is 0 Å². The number of hydrogen-bond acceptors (Lipinski definition) is 3. The lowest BCUT2D eigenvalue weighted by molar-refractivity contribution is -0.0972. The van der Waals surface area contributed by atoms with Crippen molar-refractivity contribution in [2.45, 2.75) is 20.3 Å². The van der Waals surface area contributed by atoms with Gasteiger partial charge in [-0.1, -0.05) is 6.92 Å². The maximum absolute atomic E-state index is 5.52. The summed E-state index contributed by atoms with van der Waals surface area (Å²) >= 11 is 0. The van der Waals surface area contributed by atoms with Crippen LogP contribution >= 0.6 is 24.0 Å². The van der Waals surface area contributed by atoms with Crippen LogP contribution in [0.1, 0.15) is 20.3 Å². The van der Waals surface area contributed by atoms with E-state index in [0.29, 0.717) is 5.92 Å². The fourth-order valence-electron chi connectivity index (χ4n) is 2.62. The molecule has 20 heavy (non-hydrogen) atoms. The Bertz CT molecular complexity index is 322. The zero-order chi connectivity index (χ0) is 13.7. The average Bonchev–Trinajstić information content (AvgIpc) is 2.84. The van der Waals surface area contributed by atoms with Crippen LogP contribution in [-0.2, 0) is 9.47 Å². The van der Waals surface area contributed by atoms with E-state index in [0.717, 1.165) is 52.0 Å². The van der Waals surface area contributed by atoms with Gasteiger partial charge in [0, 0.05) is 44.6 Å². The van der Waals surface area contributed by atoms with Gasteiger partial charge in [0.1, 0.15) is 0 Å². The lowest BCUT2D eigenvalue weighted by Gasteiger charge is -2.39. The molecule has 2 saturated heterocycles. The standard InChI is InChI=1S/C14H27N3O2.HI/c1-4-18-8-12-5-6-17(7-12)13(15-3)16-9-14(2)10-19-11-14;/h12H,4-11H2,1-3H3,(H,15,16);1H. The number of hydrogen-bond donors (Lipinski definition) is 1. The third-order valence-electron chi connectivity index (χ3n) is 3.93. The Balaban J connectivity index is 0.00000200. The number of aliphatic imine (C=N–C) groups is 1. The lowest BCUT2D eigenvalue weighted by Crippen LogP contribution is -2.51. The number of nitrogens with one attached hydrogen (secondary N) is 1. The molecule has 1 atom stereocenters. The smallest absolute Gasteiger partial charge is 0.193 e. The van der Waals surface area contributed by atoms with Crippen LogP contribution in [0.5, 0.6) is 0 Å². The molecule has 0 saturated carbocycles. The van der Waals surface area contributed by atoms with Crippen molar-refractivity contribution in [3.8, 4) is 0 Å². The zero-order valence-corrected chi connectivity index (χ0v) is 15.2. The largest absolute Gasteiger partial charge is 0.381 e. The summed E-state index contributed by atoms with van der Waals surface area (Å²) < 4.78 is 10.8. The van der Waals surface area contributed by atoms with Crippen LogP contribution in [0.4, 0.5) is 0 Å². The second-order valence-corrected chi connectivity index (χ2v) is 5.96. The molecule has 6 heteroatoms. The number of likely N-dealkylation sites (tertiary alicyclic amines) is 1. The predicted octanol–water partition coefficient (Wildman–Crippen LogP) is 1.57. The Hall–Kier alpha value is -0.0800. The molecular formula is C14H28IN3O2. The molecule has 0 radical (unpaired) electrons. The first kappa shape index (κ1) is 18.0. The van der Waals surface area contributed by atoms with Crippen LogP contribution in [0.25, 0.3) is 0 Å². The highest BCUT2D eigenvalue weighted by molar-refractivity contribution is 14.0. The molecule has 0 aromatic rings. The minimum Gasteiger partial charge on any atom is -0.381 e. The Labute approximate surface area is 139 Å². The van der Waals surface area contributed by atoms with Crippen molar-refractivity contribution in [1.82, 2.24) is 10.2 Å². The first-order valence-electron chi connectivity index (χ1n) is 7.28. The molecule has 2 aliphatic rings. The van der Waals surface area contributed by atoms with Crippen LogP contribution in [0, 0.1) is 11.3 Å². The van der Waals surface area contributed by atoms with Gasteiger partial charge in [0.25, 0.3) is 0 Å². The van der Waals surface area contributed by atoms with Gasteiger partial charge in [-0.05, 0) is 13.3 Å². The summed E-state index contributed by atoms with van der Waals surface area (Å²) in [6.45, 7) is 10.7. The molecule has 2 aliphatic heterocycles. The van der Waals surface area contributed by atoms with E-state index in [1.165, 1.54) is 6.42 Å². The van der Waals surface area contributed by atoms with E-state index in [-0.39, 0.29) is 29.4 Å².